The monoisotopic (exact) mass is 535 g/mol. The van der Waals surface area contributed by atoms with Crippen LogP contribution in [0.4, 0.5) is 0 Å². The molecule has 5 aromatic rings. The highest BCUT2D eigenvalue weighted by molar-refractivity contribution is 5.84. The van der Waals surface area contributed by atoms with Gasteiger partial charge in [-0.1, -0.05) is 24.3 Å². The number of fused-ring (bicyclic) bond motifs is 3. The molecule has 0 radical (unpaired) electrons. The molecule has 0 unspecified atom stereocenters. The summed E-state index contributed by atoms with van der Waals surface area (Å²) >= 11 is 0. The van der Waals surface area contributed by atoms with Crippen LogP contribution in [-0.4, -0.2) is 77.1 Å². The zero-order valence-electron chi connectivity index (χ0n) is 23.0. The minimum atomic E-state index is 0.600. The van der Waals surface area contributed by atoms with Gasteiger partial charge in [-0.05, 0) is 30.0 Å². The van der Waals surface area contributed by atoms with E-state index in [1.165, 1.54) is 5.56 Å². The average Bonchev–Trinajstić information content (AvgIpc) is 3.71. The Morgan fingerprint density at radius 1 is 0.875 bits per heavy atom. The summed E-state index contributed by atoms with van der Waals surface area (Å²) < 4.78 is 11.3. The highest BCUT2D eigenvalue weighted by Crippen LogP contribution is 2.39. The second kappa shape index (κ2) is 10.4. The van der Waals surface area contributed by atoms with Crippen LogP contribution in [0.3, 0.4) is 0 Å². The highest BCUT2D eigenvalue weighted by atomic mass is 16.5. The van der Waals surface area contributed by atoms with Gasteiger partial charge in [0.1, 0.15) is 5.82 Å². The van der Waals surface area contributed by atoms with Gasteiger partial charge < -0.3 is 4.74 Å². The van der Waals surface area contributed by atoms with E-state index < -0.39 is 0 Å². The molecule has 1 saturated heterocycles. The van der Waals surface area contributed by atoms with Gasteiger partial charge in [-0.15, -0.1) is 0 Å². The SMILES string of the molecule is Cn1cc(-c2ccc(-c3c4c(nn3C)CCc3cnc(Cc5ccn(CCN6CCOCC6)n5)nc3-4)cc2)cn1. The summed E-state index contributed by atoms with van der Waals surface area (Å²) in [5.74, 6) is 0.784. The van der Waals surface area contributed by atoms with Crippen LogP contribution in [0.5, 0.6) is 0 Å². The second-order valence-electron chi connectivity index (χ2n) is 10.6. The molecular weight excluding hydrogens is 502 g/mol. The maximum Gasteiger partial charge on any atom is 0.134 e. The van der Waals surface area contributed by atoms with Crippen LogP contribution < -0.4 is 0 Å². The molecule has 0 atom stereocenters. The molecule has 0 N–H and O–H groups in total. The molecule has 1 fully saturated rings. The fraction of sp³-hybridized carbons (Fsp3) is 0.367. The predicted molar refractivity (Wildman–Crippen MR) is 152 cm³/mol. The number of nitrogens with zero attached hydrogens (tertiary/aromatic N) is 9. The van der Waals surface area contributed by atoms with Gasteiger partial charge in [-0.3, -0.25) is 18.9 Å². The Morgan fingerprint density at radius 2 is 1.70 bits per heavy atom. The van der Waals surface area contributed by atoms with Gasteiger partial charge >= 0.3 is 0 Å². The normalized spacial score (nSPS) is 15.2. The summed E-state index contributed by atoms with van der Waals surface area (Å²) in [4.78, 5) is 12.3. The van der Waals surface area contributed by atoms with Gasteiger partial charge in [-0.2, -0.15) is 15.3 Å². The third-order valence-electron chi connectivity index (χ3n) is 7.88. The Hall–Kier alpha value is -4.15. The zero-order valence-corrected chi connectivity index (χ0v) is 23.0. The van der Waals surface area contributed by atoms with E-state index in [2.05, 4.69) is 46.5 Å². The molecule has 0 spiro atoms. The molecule has 0 bridgehead atoms. The van der Waals surface area contributed by atoms with E-state index in [1.54, 1.807) is 0 Å². The summed E-state index contributed by atoms with van der Waals surface area (Å²) in [6.45, 7) is 5.46. The molecule has 0 saturated carbocycles. The third kappa shape index (κ3) is 4.84. The van der Waals surface area contributed by atoms with Crippen molar-refractivity contribution >= 4 is 0 Å². The second-order valence-corrected chi connectivity index (χ2v) is 10.6. The lowest BCUT2D eigenvalue weighted by Crippen LogP contribution is -2.38. The maximum absolute atomic E-state index is 5.45. The zero-order chi connectivity index (χ0) is 27.1. The van der Waals surface area contributed by atoms with E-state index in [4.69, 9.17) is 24.9 Å². The van der Waals surface area contributed by atoms with E-state index in [0.29, 0.717) is 6.42 Å². The lowest BCUT2D eigenvalue weighted by molar-refractivity contribution is 0.0359. The Kier molecular flexibility index (Phi) is 6.49. The summed E-state index contributed by atoms with van der Waals surface area (Å²) in [6.07, 6.45) is 10.4. The van der Waals surface area contributed by atoms with Crippen LogP contribution >= 0.6 is 0 Å². The van der Waals surface area contributed by atoms with Gasteiger partial charge in [0, 0.05) is 69.0 Å². The van der Waals surface area contributed by atoms with Gasteiger partial charge in [0.05, 0.1) is 55.2 Å². The molecule has 1 aromatic carbocycles. The van der Waals surface area contributed by atoms with E-state index >= 15 is 0 Å². The Balaban J connectivity index is 1.14. The number of ether oxygens (including phenoxy) is 1. The van der Waals surface area contributed by atoms with Crippen LogP contribution in [-0.2, 0) is 44.6 Å². The number of hydrogen-bond acceptors (Lipinski definition) is 7. The topological polar surface area (TPSA) is 91.7 Å². The summed E-state index contributed by atoms with van der Waals surface area (Å²) in [6, 6.07) is 10.7. The van der Waals surface area contributed by atoms with Crippen LogP contribution in [0, 0.1) is 0 Å². The van der Waals surface area contributed by atoms with Crippen molar-refractivity contribution < 1.29 is 4.74 Å². The number of hydrogen-bond donors (Lipinski definition) is 0. The Morgan fingerprint density at radius 3 is 2.50 bits per heavy atom. The third-order valence-corrected chi connectivity index (χ3v) is 7.88. The largest absolute Gasteiger partial charge is 0.379 e. The molecule has 1 aliphatic carbocycles. The average molecular weight is 536 g/mol. The van der Waals surface area contributed by atoms with Gasteiger partial charge in [0.2, 0.25) is 0 Å². The molecule has 0 amide bonds. The lowest BCUT2D eigenvalue weighted by atomic mass is 9.91. The fourth-order valence-corrected chi connectivity index (χ4v) is 5.76. The van der Waals surface area contributed by atoms with E-state index in [-0.39, 0.29) is 0 Å². The molecule has 5 heterocycles. The predicted octanol–water partition coefficient (Wildman–Crippen LogP) is 3.16. The van der Waals surface area contributed by atoms with E-state index in [0.717, 1.165) is 103 Å². The smallest absolute Gasteiger partial charge is 0.134 e. The van der Waals surface area contributed by atoms with E-state index in [9.17, 15) is 0 Å². The first kappa shape index (κ1) is 24.9. The van der Waals surface area contributed by atoms with Crippen LogP contribution in [0.2, 0.25) is 0 Å². The first-order valence-electron chi connectivity index (χ1n) is 13.9. The van der Waals surface area contributed by atoms with Crippen molar-refractivity contribution in [3.8, 4) is 33.6 Å². The van der Waals surface area contributed by atoms with Gasteiger partial charge in [-0.25, -0.2) is 9.97 Å². The molecule has 4 aromatic heterocycles. The van der Waals surface area contributed by atoms with Crippen molar-refractivity contribution in [2.45, 2.75) is 25.8 Å². The molecule has 10 heteroatoms. The number of aromatic nitrogens is 8. The summed E-state index contributed by atoms with van der Waals surface area (Å²) in [7, 11) is 3.96. The molecule has 2 aliphatic rings. The van der Waals surface area contributed by atoms with Gasteiger partial charge in [0.15, 0.2) is 0 Å². The minimum Gasteiger partial charge on any atom is -0.379 e. The molecule has 40 heavy (non-hydrogen) atoms. The molecule has 7 rings (SSSR count). The number of morpholine rings is 1. The van der Waals surface area contributed by atoms with E-state index in [1.807, 2.05) is 46.7 Å². The van der Waals surface area contributed by atoms with Crippen molar-refractivity contribution in [3.63, 3.8) is 0 Å². The van der Waals surface area contributed by atoms with Crippen molar-refractivity contribution in [2.24, 2.45) is 14.1 Å². The number of rotatable bonds is 7. The first-order valence-corrected chi connectivity index (χ1v) is 13.9. The minimum absolute atomic E-state index is 0.600. The quantitative estimate of drug-likeness (QED) is 0.316. The Labute approximate surface area is 233 Å². The molecule has 204 valence electrons. The molecular formula is C30H33N9O. The van der Waals surface area contributed by atoms with Crippen LogP contribution in [0.1, 0.15) is 22.8 Å². The summed E-state index contributed by atoms with van der Waals surface area (Å²) in [5.41, 5.74) is 9.83. The van der Waals surface area contributed by atoms with Crippen molar-refractivity contribution in [1.82, 2.24) is 44.2 Å². The fourth-order valence-electron chi connectivity index (χ4n) is 5.76. The van der Waals surface area contributed by atoms with Crippen molar-refractivity contribution in [1.29, 1.82) is 0 Å². The summed E-state index contributed by atoms with van der Waals surface area (Å²) in [5, 5.41) is 14.0. The highest BCUT2D eigenvalue weighted by Gasteiger charge is 2.27. The van der Waals surface area contributed by atoms with Crippen LogP contribution in [0.25, 0.3) is 33.6 Å². The van der Waals surface area contributed by atoms with Crippen molar-refractivity contribution in [2.75, 3.05) is 32.8 Å². The van der Waals surface area contributed by atoms with Gasteiger partial charge in [0.25, 0.3) is 0 Å². The Bertz CT molecular complexity index is 1640. The number of aryl methyl sites for hydroxylation is 4. The number of benzene rings is 1. The first-order chi connectivity index (χ1) is 19.6. The molecule has 1 aliphatic heterocycles. The molecule has 10 nitrogen and oxygen atoms in total. The lowest BCUT2D eigenvalue weighted by Gasteiger charge is -2.26. The van der Waals surface area contributed by atoms with Crippen molar-refractivity contribution in [3.05, 3.63) is 77.9 Å². The maximum atomic E-state index is 5.45. The standard InChI is InChI=1S/C30H33N9O/c1-36-20-24(19-32-36)21-3-5-22(6-4-21)30-28-26(35-37(30)2)8-7-23-18-31-27(33-29(23)28)17-25-9-10-39(34-25)12-11-38-13-15-40-16-14-38/h3-6,9-10,18-20H,7-8,11-17H2,1-2H3. The van der Waals surface area contributed by atoms with Crippen LogP contribution in [0.15, 0.2) is 55.1 Å².